The van der Waals surface area contributed by atoms with E-state index in [2.05, 4.69) is 25.4 Å². The lowest BCUT2D eigenvalue weighted by atomic mass is 10.1. The van der Waals surface area contributed by atoms with Gasteiger partial charge in [-0.25, -0.2) is 15.0 Å². The maximum atomic E-state index is 5.44. The van der Waals surface area contributed by atoms with Crippen LogP contribution in [0.5, 0.6) is 5.75 Å². The third kappa shape index (κ3) is 3.19. The minimum Gasteiger partial charge on any atom is -0.497 e. The fourth-order valence-electron chi connectivity index (χ4n) is 2.63. The van der Waals surface area contributed by atoms with E-state index in [-0.39, 0.29) is 0 Å². The molecule has 0 fully saturated rings. The Bertz CT molecular complexity index is 1040. The van der Waals surface area contributed by atoms with E-state index in [4.69, 9.17) is 9.26 Å². The molecule has 1 aromatic carbocycles. The van der Waals surface area contributed by atoms with Gasteiger partial charge in [-0.3, -0.25) is 0 Å². The van der Waals surface area contributed by atoms with Gasteiger partial charge in [0.15, 0.2) is 11.6 Å². The lowest BCUT2D eigenvalue weighted by Crippen LogP contribution is -2.04. The number of nitrogens with one attached hydrogen (secondary N) is 1. The molecule has 0 aliphatic rings. The smallest absolute Gasteiger partial charge is 0.167 e. The lowest BCUT2D eigenvalue weighted by Gasteiger charge is -2.06. The van der Waals surface area contributed by atoms with E-state index < -0.39 is 0 Å². The molecule has 0 amide bonds. The molecule has 0 unspecified atom stereocenters. The van der Waals surface area contributed by atoms with E-state index in [0.717, 1.165) is 33.7 Å². The van der Waals surface area contributed by atoms with Gasteiger partial charge in [-0.1, -0.05) is 5.16 Å². The number of aryl methyl sites for hydroxylation is 1. The topological polar surface area (TPSA) is 86.0 Å². The zero-order chi connectivity index (χ0) is 17.9. The van der Waals surface area contributed by atoms with Crippen molar-refractivity contribution in [3.8, 4) is 17.1 Å². The zero-order valence-corrected chi connectivity index (χ0v) is 14.4. The van der Waals surface area contributed by atoms with Gasteiger partial charge in [0.05, 0.1) is 19.2 Å². The standard InChI is InChI=1S/C19H17N5O2/c1-12-3-8-16-18(23-12)19(22-11-21-16)20-10-14-9-17(26-24-14)13-4-6-15(25-2)7-5-13/h3-9,11H,10H2,1-2H3,(H,20,21,22). The number of aromatic nitrogens is 4. The predicted molar refractivity (Wildman–Crippen MR) is 97.9 cm³/mol. The number of anilines is 1. The summed E-state index contributed by atoms with van der Waals surface area (Å²) in [6.45, 7) is 2.41. The molecule has 0 saturated heterocycles. The second-order valence-electron chi connectivity index (χ2n) is 5.81. The van der Waals surface area contributed by atoms with Crippen molar-refractivity contribution in [2.45, 2.75) is 13.5 Å². The predicted octanol–water partition coefficient (Wildman–Crippen LogP) is 3.61. The van der Waals surface area contributed by atoms with Crippen LogP contribution in [0.15, 0.2) is 53.3 Å². The Balaban J connectivity index is 1.52. The number of benzene rings is 1. The largest absolute Gasteiger partial charge is 0.497 e. The minimum atomic E-state index is 0.474. The van der Waals surface area contributed by atoms with E-state index >= 15 is 0 Å². The molecule has 0 bridgehead atoms. The number of rotatable bonds is 5. The van der Waals surface area contributed by atoms with Crippen molar-refractivity contribution in [2.75, 3.05) is 12.4 Å². The van der Waals surface area contributed by atoms with Crippen molar-refractivity contribution in [1.82, 2.24) is 20.1 Å². The fraction of sp³-hybridized carbons (Fsp3) is 0.158. The molecule has 0 spiro atoms. The molecule has 26 heavy (non-hydrogen) atoms. The molecule has 7 heteroatoms. The molecule has 0 atom stereocenters. The van der Waals surface area contributed by atoms with Crippen molar-refractivity contribution in [3.05, 3.63) is 60.2 Å². The van der Waals surface area contributed by atoms with E-state index in [1.54, 1.807) is 7.11 Å². The third-order valence-electron chi connectivity index (χ3n) is 3.99. The van der Waals surface area contributed by atoms with Crippen LogP contribution in [0.3, 0.4) is 0 Å². The number of pyridine rings is 1. The highest BCUT2D eigenvalue weighted by Gasteiger charge is 2.09. The third-order valence-corrected chi connectivity index (χ3v) is 3.99. The maximum absolute atomic E-state index is 5.44. The highest BCUT2D eigenvalue weighted by molar-refractivity contribution is 5.84. The molecule has 7 nitrogen and oxygen atoms in total. The van der Waals surface area contributed by atoms with Crippen LogP contribution >= 0.6 is 0 Å². The lowest BCUT2D eigenvalue weighted by molar-refractivity contribution is 0.414. The molecule has 0 aliphatic carbocycles. The molecule has 0 radical (unpaired) electrons. The van der Waals surface area contributed by atoms with Crippen LogP contribution < -0.4 is 10.1 Å². The molecule has 0 aliphatic heterocycles. The van der Waals surface area contributed by atoms with Crippen LogP contribution in [0.2, 0.25) is 0 Å². The zero-order valence-electron chi connectivity index (χ0n) is 14.4. The van der Waals surface area contributed by atoms with Gasteiger partial charge in [0.2, 0.25) is 0 Å². The molecule has 130 valence electrons. The van der Waals surface area contributed by atoms with Crippen LogP contribution in [-0.2, 0) is 6.54 Å². The van der Waals surface area contributed by atoms with Crippen molar-refractivity contribution in [3.63, 3.8) is 0 Å². The van der Waals surface area contributed by atoms with Gasteiger partial charge in [0, 0.05) is 17.3 Å². The van der Waals surface area contributed by atoms with Gasteiger partial charge in [0.25, 0.3) is 0 Å². The first-order chi connectivity index (χ1) is 12.7. The fourth-order valence-corrected chi connectivity index (χ4v) is 2.63. The van der Waals surface area contributed by atoms with Gasteiger partial charge >= 0.3 is 0 Å². The highest BCUT2D eigenvalue weighted by atomic mass is 16.5. The van der Waals surface area contributed by atoms with Crippen LogP contribution in [0.4, 0.5) is 5.82 Å². The first-order valence-corrected chi connectivity index (χ1v) is 8.15. The molecular formula is C19H17N5O2. The molecule has 3 heterocycles. The SMILES string of the molecule is COc1ccc(-c2cc(CNc3ncnc4ccc(C)nc34)no2)cc1. The van der Waals surface area contributed by atoms with E-state index in [1.807, 2.05) is 49.4 Å². The summed E-state index contributed by atoms with van der Waals surface area (Å²) in [5.74, 6) is 2.17. The summed E-state index contributed by atoms with van der Waals surface area (Å²) in [6, 6.07) is 13.4. The van der Waals surface area contributed by atoms with Crippen LogP contribution in [0, 0.1) is 6.92 Å². The Morgan fingerprint density at radius 3 is 2.73 bits per heavy atom. The summed E-state index contributed by atoms with van der Waals surface area (Å²) < 4.78 is 10.6. The Kier molecular flexibility index (Phi) is 4.18. The Morgan fingerprint density at radius 1 is 1.08 bits per heavy atom. The second-order valence-corrected chi connectivity index (χ2v) is 5.81. The Morgan fingerprint density at radius 2 is 1.92 bits per heavy atom. The van der Waals surface area contributed by atoms with Gasteiger partial charge in [-0.2, -0.15) is 0 Å². The quantitative estimate of drug-likeness (QED) is 0.590. The van der Waals surface area contributed by atoms with Crippen molar-refractivity contribution < 1.29 is 9.26 Å². The second kappa shape index (κ2) is 6.79. The van der Waals surface area contributed by atoms with E-state index in [9.17, 15) is 0 Å². The molecule has 4 rings (SSSR count). The maximum Gasteiger partial charge on any atom is 0.167 e. The summed E-state index contributed by atoms with van der Waals surface area (Å²) in [5, 5.41) is 7.37. The molecular weight excluding hydrogens is 330 g/mol. The summed E-state index contributed by atoms with van der Waals surface area (Å²) in [6.07, 6.45) is 1.52. The highest BCUT2D eigenvalue weighted by Crippen LogP contribution is 2.24. The molecule has 3 aromatic heterocycles. The van der Waals surface area contributed by atoms with E-state index in [0.29, 0.717) is 18.1 Å². The number of methoxy groups -OCH3 is 1. The van der Waals surface area contributed by atoms with Gasteiger partial charge in [-0.05, 0) is 43.3 Å². The summed E-state index contributed by atoms with van der Waals surface area (Å²) in [5.41, 5.74) is 4.17. The van der Waals surface area contributed by atoms with Crippen molar-refractivity contribution >= 4 is 16.9 Å². The Hall–Kier alpha value is -3.48. The monoisotopic (exact) mass is 347 g/mol. The number of hydrogen-bond acceptors (Lipinski definition) is 7. The van der Waals surface area contributed by atoms with Crippen LogP contribution in [0.1, 0.15) is 11.4 Å². The van der Waals surface area contributed by atoms with Gasteiger partial charge < -0.3 is 14.6 Å². The Labute approximate surface area is 150 Å². The number of ether oxygens (including phenoxy) is 1. The van der Waals surface area contributed by atoms with Crippen LogP contribution in [-0.4, -0.2) is 27.2 Å². The summed E-state index contributed by atoms with van der Waals surface area (Å²) in [7, 11) is 1.64. The average Bonchev–Trinajstić information content (AvgIpc) is 3.15. The number of nitrogens with zero attached hydrogens (tertiary/aromatic N) is 4. The molecule has 4 aromatic rings. The number of hydrogen-bond donors (Lipinski definition) is 1. The van der Waals surface area contributed by atoms with E-state index in [1.165, 1.54) is 6.33 Å². The summed E-state index contributed by atoms with van der Waals surface area (Å²) in [4.78, 5) is 13.0. The molecule has 1 N–H and O–H groups in total. The van der Waals surface area contributed by atoms with Crippen molar-refractivity contribution in [2.24, 2.45) is 0 Å². The summed E-state index contributed by atoms with van der Waals surface area (Å²) >= 11 is 0. The normalized spacial score (nSPS) is 10.8. The van der Waals surface area contributed by atoms with Crippen LogP contribution in [0.25, 0.3) is 22.4 Å². The molecule has 0 saturated carbocycles. The average molecular weight is 347 g/mol. The first-order valence-electron chi connectivity index (χ1n) is 8.15. The minimum absolute atomic E-state index is 0.474. The first kappa shape index (κ1) is 16.0. The van der Waals surface area contributed by atoms with Gasteiger partial charge in [0.1, 0.15) is 23.3 Å². The van der Waals surface area contributed by atoms with Gasteiger partial charge in [-0.15, -0.1) is 0 Å². The van der Waals surface area contributed by atoms with Crippen molar-refractivity contribution in [1.29, 1.82) is 0 Å². The number of fused-ring (bicyclic) bond motifs is 1.